The van der Waals surface area contributed by atoms with Crippen molar-refractivity contribution in [1.82, 2.24) is 9.78 Å². The van der Waals surface area contributed by atoms with Gasteiger partial charge in [0.25, 0.3) is 0 Å². The molecule has 0 aliphatic carbocycles. The van der Waals surface area contributed by atoms with Crippen molar-refractivity contribution in [2.75, 3.05) is 7.11 Å². The zero-order valence-electron chi connectivity index (χ0n) is 18.3. The third-order valence-electron chi connectivity index (χ3n) is 5.57. The Balaban J connectivity index is 1.86. The van der Waals surface area contributed by atoms with Crippen LogP contribution in [0.4, 0.5) is 0 Å². The molecule has 1 aliphatic rings. The van der Waals surface area contributed by atoms with Crippen molar-refractivity contribution < 1.29 is 19.4 Å². The molecule has 1 N–H and O–H groups in total. The Morgan fingerprint density at radius 3 is 2.47 bits per heavy atom. The minimum Gasteiger partial charge on any atom is -0.494 e. The average molecular weight is 409 g/mol. The average Bonchev–Trinajstić information content (AvgIpc) is 3.11. The van der Waals surface area contributed by atoms with Gasteiger partial charge in [-0.1, -0.05) is 12.1 Å². The molecule has 0 amide bonds. The Morgan fingerprint density at radius 2 is 1.80 bits per heavy atom. The van der Waals surface area contributed by atoms with Gasteiger partial charge in [-0.3, -0.25) is 5.21 Å². The first-order chi connectivity index (χ1) is 14.2. The Morgan fingerprint density at radius 1 is 1.10 bits per heavy atom. The van der Waals surface area contributed by atoms with E-state index in [0.717, 1.165) is 46.0 Å². The Bertz CT molecular complexity index is 1040. The molecule has 3 heterocycles. The van der Waals surface area contributed by atoms with Gasteiger partial charge in [0, 0.05) is 16.7 Å². The second kappa shape index (κ2) is 7.43. The van der Waals surface area contributed by atoms with Crippen molar-refractivity contribution in [3.05, 3.63) is 60.6 Å². The number of hydrogen-bond donors (Lipinski definition) is 1. The lowest BCUT2D eigenvalue weighted by Gasteiger charge is -2.45. The van der Waals surface area contributed by atoms with Gasteiger partial charge in [0.1, 0.15) is 11.4 Å². The molecule has 0 unspecified atom stereocenters. The van der Waals surface area contributed by atoms with E-state index in [1.54, 1.807) is 19.5 Å². The maximum absolute atomic E-state index is 9.98. The number of aromatic nitrogens is 3. The van der Waals surface area contributed by atoms with Crippen molar-refractivity contribution in [3.8, 4) is 22.7 Å². The predicted octanol–water partition coefficient (Wildman–Crippen LogP) is 4.52. The number of para-hydroxylation sites is 2. The van der Waals surface area contributed by atoms with Crippen LogP contribution in [-0.2, 0) is 4.74 Å². The molecule has 6 heteroatoms. The zero-order chi connectivity index (χ0) is 21.5. The van der Waals surface area contributed by atoms with Gasteiger partial charge in [-0.05, 0) is 64.8 Å². The van der Waals surface area contributed by atoms with Crippen LogP contribution >= 0.6 is 0 Å². The number of benzene rings is 1. The highest BCUT2D eigenvalue weighted by Gasteiger charge is 2.41. The van der Waals surface area contributed by atoms with Crippen LogP contribution in [0.2, 0.25) is 0 Å². The summed E-state index contributed by atoms with van der Waals surface area (Å²) in [5.41, 5.74) is 3.22. The first-order valence-electron chi connectivity index (χ1n) is 10.3. The van der Waals surface area contributed by atoms with Gasteiger partial charge < -0.3 is 9.47 Å². The fourth-order valence-corrected chi connectivity index (χ4v) is 4.71. The Hall–Kier alpha value is -2.86. The zero-order valence-corrected chi connectivity index (χ0v) is 18.3. The van der Waals surface area contributed by atoms with Gasteiger partial charge in [-0.15, -0.1) is 0 Å². The van der Waals surface area contributed by atoms with E-state index in [-0.39, 0.29) is 17.1 Å². The molecule has 1 aliphatic heterocycles. The summed E-state index contributed by atoms with van der Waals surface area (Å²) in [5, 5.41) is 15.0. The number of methoxy groups -OCH3 is 1. The molecule has 0 spiro atoms. The summed E-state index contributed by atoms with van der Waals surface area (Å²) >= 11 is 0. The molecular weight excluding hydrogens is 378 g/mol. The largest absolute Gasteiger partial charge is 0.494 e. The van der Waals surface area contributed by atoms with Crippen LogP contribution < -0.4 is 9.47 Å². The number of pyridine rings is 1. The van der Waals surface area contributed by atoms with Gasteiger partial charge in [0.05, 0.1) is 35.3 Å². The van der Waals surface area contributed by atoms with E-state index in [9.17, 15) is 5.21 Å². The first-order valence-corrected chi connectivity index (χ1v) is 10.3. The van der Waals surface area contributed by atoms with Crippen LogP contribution in [-0.4, -0.2) is 33.3 Å². The van der Waals surface area contributed by atoms with Gasteiger partial charge in [0.2, 0.25) is 12.4 Å². The fourth-order valence-electron chi connectivity index (χ4n) is 4.71. The highest BCUT2D eigenvalue weighted by Crippen LogP contribution is 2.44. The van der Waals surface area contributed by atoms with Crippen LogP contribution in [0.1, 0.15) is 52.1 Å². The molecular formula is C24H30N3O3+. The van der Waals surface area contributed by atoms with Crippen molar-refractivity contribution in [2.24, 2.45) is 0 Å². The summed E-state index contributed by atoms with van der Waals surface area (Å²) in [4.78, 5) is 0. The molecule has 3 aromatic rings. The van der Waals surface area contributed by atoms with Gasteiger partial charge in [0.15, 0.2) is 0 Å². The second-order valence-corrected chi connectivity index (χ2v) is 9.24. The van der Waals surface area contributed by atoms with Crippen molar-refractivity contribution in [1.29, 1.82) is 0 Å². The van der Waals surface area contributed by atoms with Crippen LogP contribution in [0.3, 0.4) is 0 Å². The van der Waals surface area contributed by atoms with Gasteiger partial charge in [-0.2, -0.15) is 5.10 Å². The van der Waals surface area contributed by atoms with E-state index in [1.807, 2.05) is 41.1 Å². The number of rotatable bonds is 4. The Labute approximate surface area is 177 Å². The quantitative estimate of drug-likeness (QED) is 0.509. The standard InChI is InChI=1S/C24H30N3O3/c1-23(2)14-18(15-24(3,4)30-23)19-13-21(17-9-8-12-26(28)16-17)27(25-19)20-10-6-7-11-22(20)29-5/h6-13,16,18,28H,14-15H2,1-5H3/q+1. The molecule has 4 rings (SSSR count). The highest BCUT2D eigenvalue weighted by molar-refractivity contribution is 5.63. The van der Waals surface area contributed by atoms with Crippen molar-refractivity contribution in [3.63, 3.8) is 0 Å². The van der Waals surface area contributed by atoms with Crippen LogP contribution in [0.25, 0.3) is 16.9 Å². The minimum atomic E-state index is -0.221. The maximum atomic E-state index is 9.98. The molecule has 30 heavy (non-hydrogen) atoms. The lowest BCUT2D eigenvalue weighted by molar-refractivity contribution is -0.904. The van der Waals surface area contributed by atoms with E-state index in [0.29, 0.717) is 0 Å². The number of ether oxygens (including phenoxy) is 2. The topological polar surface area (TPSA) is 60.4 Å². The fraction of sp³-hybridized carbons (Fsp3) is 0.417. The van der Waals surface area contributed by atoms with Crippen LogP contribution in [0.15, 0.2) is 54.9 Å². The van der Waals surface area contributed by atoms with E-state index >= 15 is 0 Å². The minimum absolute atomic E-state index is 0.221. The molecule has 158 valence electrons. The number of hydrogen-bond acceptors (Lipinski definition) is 4. The molecule has 2 aromatic heterocycles. The smallest absolute Gasteiger partial charge is 0.231 e. The molecule has 6 nitrogen and oxygen atoms in total. The molecule has 1 saturated heterocycles. The summed E-state index contributed by atoms with van der Waals surface area (Å²) in [7, 11) is 1.66. The Kier molecular flexibility index (Phi) is 5.06. The van der Waals surface area contributed by atoms with E-state index in [4.69, 9.17) is 14.6 Å². The highest BCUT2D eigenvalue weighted by atomic mass is 16.5. The van der Waals surface area contributed by atoms with Gasteiger partial charge >= 0.3 is 0 Å². The third-order valence-corrected chi connectivity index (χ3v) is 5.57. The van der Waals surface area contributed by atoms with Crippen molar-refractivity contribution in [2.45, 2.75) is 57.7 Å². The van der Waals surface area contributed by atoms with Crippen LogP contribution in [0.5, 0.6) is 5.75 Å². The maximum Gasteiger partial charge on any atom is 0.231 e. The summed E-state index contributed by atoms with van der Waals surface area (Å²) < 4.78 is 14.9. The SMILES string of the molecule is COc1ccccc1-n1nc(C2CC(C)(C)OC(C)(C)C2)cc1-c1ccc[n+](O)c1. The molecule has 0 atom stereocenters. The molecule has 1 fully saturated rings. The normalized spacial score (nSPS) is 18.3. The van der Waals surface area contributed by atoms with Crippen molar-refractivity contribution >= 4 is 0 Å². The number of nitrogens with zero attached hydrogens (tertiary/aromatic N) is 3. The molecule has 0 bridgehead atoms. The molecule has 1 aromatic carbocycles. The summed E-state index contributed by atoms with van der Waals surface area (Å²) in [6.07, 6.45) is 5.07. The third kappa shape index (κ3) is 4.05. The molecule has 0 saturated carbocycles. The summed E-state index contributed by atoms with van der Waals surface area (Å²) in [6.45, 7) is 8.58. The molecule has 0 radical (unpaired) electrons. The monoisotopic (exact) mass is 408 g/mol. The summed E-state index contributed by atoms with van der Waals surface area (Å²) in [6, 6.07) is 13.8. The summed E-state index contributed by atoms with van der Waals surface area (Å²) in [5.74, 6) is 1.01. The van der Waals surface area contributed by atoms with E-state index < -0.39 is 0 Å². The van der Waals surface area contributed by atoms with Gasteiger partial charge in [-0.25, -0.2) is 4.68 Å². The van der Waals surface area contributed by atoms with E-state index in [2.05, 4.69) is 33.8 Å². The van der Waals surface area contributed by atoms with E-state index in [1.165, 1.54) is 0 Å². The first kappa shape index (κ1) is 20.4. The lowest BCUT2D eigenvalue weighted by Crippen LogP contribution is -2.44. The van der Waals surface area contributed by atoms with Crippen LogP contribution in [0, 0.1) is 0 Å². The predicted molar refractivity (Wildman–Crippen MR) is 114 cm³/mol. The second-order valence-electron chi connectivity index (χ2n) is 9.24. The lowest BCUT2D eigenvalue weighted by atomic mass is 9.79.